The van der Waals surface area contributed by atoms with Crippen LogP contribution in [0.1, 0.15) is 19.3 Å². The van der Waals surface area contributed by atoms with Gasteiger partial charge in [0.05, 0.1) is 26.1 Å². The van der Waals surface area contributed by atoms with Gasteiger partial charge in [0.1, 0.15) is 11.0 Å². The first-order valence-corrected chi connectivity index (χ1v) is 10.1. The van der Waals surface area contributed by atoms with Gasteiger partial charge in [-0.25, -0.2) is 4.98 Å². The number of methoxy groups -OCH3 is 2. The highest BCUT2D eigenvalue weighted by molar-refractivity contribution is 6.05. The maximum absolute atomic E-state index is 13.0. The Bertz CT molecular complexity index is 1210. The summed E-state index contributed by atoms with van der Waals surface area (Å²) in [4.78, 5) is 46.1. The van der Waals surface area contributed by atoms with E-state index in [-0.39, 0.29) is 36.3 Å². The molecule has 31 heavy (non-hydrogen) atoms. The number of hydrogen-bond acceptors (Lipinski definition) is 6. The molecule has 3 aromatic rings. The molecule has 0 spiro atoms. The molecule has 1 aliphatic rings. The maximum Gasteiger partial charge on any atom is 0.277 e. The van der Waals surface area contributed by atoms with Crippen molar-refractivity contribution in [3.8, 4) is 11.5 Å². The zero-order chi connectivity index (χ0) is 22.1. The minimum absolute atomic E-state index is 0.0546. The predicted molar refractivity (Wildman–Crippen MR) is 114 cm³/mol. The highest BCUT2D eigenvalue weighted by Crippen LogP contribution is 2.34. The molecule has 0 bridgehead atoms. The van der Waals surface area contributed by atoms with Crippen LogP contribution in [0.3, 0.4) is 0 Å². The number of nitrogens with two attached hydrogens (primary N) is 1. The fourth-order valence-corrected chi connectivity index (χ4v) is 4.07. The molecule has 0 unspecified atom stereocenters. The number of aromatic nitrogens is 3. The second-order valence-corrected chi connectivity index (χ2v) is 7.65. The number of primary amides is 1. The summed E-state index contributed by atoms with van der Waals surface area (Å²) in [6.07, 6.45) is 2.80. The molecular weight excluding hydrogens is 402 g/mol. The number of aryl methyl sites for hydroxylation is 1. The van der Waals surface area contributed by atoms with Gasteiger partial charge in [-0.2, -0.15) is 0 Å². The fraction of sp³-hybridized carbons (Fsp3) is 0.429. The number of likely N-dealkylation sites (tertiary alicyclic amines) is 1. The number of rotatable bonds is 6. The number of aromatic amines is 1. The number of benzene rings is 1. The van der Waals surface area contributed by atoms with Crippen LogP contribution in [-0.2, 0) is 16.1 Å². The third kappa shape index (κ3) is 3.80. The van der Waals surface area contributed by atoms with E-state index in [1.54, 1.807) is 31.3 Å². The van der Waals surface area contributed by atoms with Crippen LogP contribution in [0.2, 0.25) is 0 Å². The first-order chi connectivity index (χ1) is 14.9. The molecule has 3 N–H and O–H groups in total. The number of fused-ring (bicyclic) bond motifs is 3. The highest BCUT2D eigenvalue weighted by atomic mass is 16.5. The van der Waals surface area contributed by atoms with Gasteiger partial charge >= 0.3 is 0 Å². The van der Waals surface area contributed by atoms with E-state index in [2.05, 4.69) is 9.97 Å². The Morgan fingerprint density at radius 3 is 2.52 bits per heavy atom. The topological polar surface area (TPSA) is 133 Å². The van der Waals surface area contributed by atoms with Crippen molar-refractivity contribution in [1.82, 2.24) is 19.4 Å². The second kappa shape index (κ2) is 8.29. The lowest BCUT2D eigenvalue weighted by Crippen LogP contribution is -2.42. The fourth-order valence-electron chi connectivity index (χ4n) is 4.07. The first-order valence-electron chi connectivity index (χ1n) is 10.1. The molecule has 164 valence electrons. The summed E-state index contributed by atoms with van der Waals surface area (Å²) in [6.45, 7) is 1.23. The van der Waals surface area contributed by atoms with Gasteiger partial charge in [-0.3, -0.25) is 19.0 Å². The third-order valence-corrected chi connectivity index (χ3v) is 5.89. The van der Waals surface area contributed by atoms with Crippen LogP contribution in [0.25, 0.3) is 21.9 Å². The summed E-state index contributed by atoms with van der Waals surface area (Å²) < 4.78 is 12.1. The Morgan fingerprint density at radius 2 is 1.87 bits per heavy atom. The van der Waals surface area contributed by atoms with E-state index in [0.29, 0.717) is 54.0 Å². The van der Waals surface area contributed by atoms with Crippen molar-refractivity contribution < 1.29 is 19.1 Å². The van der Waals surface area contributed by atoms with Crippen LogP contribution in [-0.4, -0.2) is 58.6 Å². The van der Waals surface area contributed by atoms with E-state index >= 15 is 0 Å². The Kier molecular flexibility index (Phi) is 5.53. The summed E-state index contributed by atoms with van der Waals surface area (Å²) in [5, 5.41) is 0.755. The lowest BCUT2D eigenvalue weighted by Gasteiger charge is -2.30. The monoisotopic (exact) mass is 427 g/mol. The van der Waals surface area contributed by atoms with Gasteiger partial charge in [0.25, 0.3) is 5.56 Å². The molecule has 1 aliphatic heterocycles. The van der Waals surface area contributed by atoms with Crippen LogP contribution < -0.4 is 20.8 Å². The Hall–Kier alpha value is -3.56. The molecule has 10 nitrogen and oxygen atoms in total. The molecule has 0 radical (unpaired) electrons. The summed E-state index contributed by atoms with van der Waals surface area (Å²) in [6, 6.07) is 3.54. The molecule has 2 aromatic heterocycles. The number of nitrogens with one attached hydrogen (secondary N) is 1. The predicted octanol–water partition coefficient (Wildman–Crippen LogP) is 1.01. The lowest BCUT2D eigenvalue weighted by atomic mass is 9.96. The smallest absolute Gasteiger partial charge is 0.277 e. The van der Waals surface area contributed by atoms with Crippen molar-refractivity contribution in [3.05, 3.63) is 28.8 Å². The van der Waals surface area contributed by atoms with Crippen molar-refractivity contribution in [3.63, 3.8) is 0 Å². The summed E-state index contributed by atoms with van der Waals surface area (Å²) in [5.41, 5.74) is 6.70. The van der Waals surface area contributed by atoms with Crippen LogP contribution in [0.4, 0.5) is 0 Å². The lowest BCUT2D eigenvalue weighted by molar-refractivity contribution is -0.135. The Balaban J connectivity index is 1.53. The van der Waals surface area contributed by atoms with Gasteiger partial charge in [0.2, 0.25) is 11.8 Å². The quantitative estimate of drug-likeness (QED) is 0.603. The summed E-state index contributed by atoms with van der Waals surface area (Å²) in [7, 11) is 3.09. The Labute approximate surface area is 177 Å². The Morgan fingerprint density at radius 1 is 1.19 bits per heavy atom. The molecule has 0 atom stereocenters. The molecule has 4 rings (SSSR count). The van der Waals surface area contributed by atoms with E-state index in [1.165, 1.54) is 10.9 Å². The van der Waals surface area contributed by atoms with Gasteiger partial charge in [-0.05, 0) is 18.9 Å². The number of carbonyl (C=O) groups excluding carboxylic acids is 2. The first kappa shape index (κ1) is 20.7. The van der Waals surface area contributed by atoms with E-state index in [9.17, 15) is 14.4 Å². The van der Waals surface area contributed by atoms with Crippen LogP contribution in [0, 0.1) is 5.92 Å². The molecule has 3 heterocycles. The van der Waals surface area contributed by atoms with Gasteiger partial charge in [-0.1, -0.05) is 0 Å². The van der Waals surface area contributed by atoms with E-state index in [0.717, 1.165) is 5.39 Å². The number of carbonyl (C=O) groups is 2. The van der Waals surface area contributed by atoms with Gasteiger partial charge in [0, 0.05) is 43.4 Å². The second-order valence-electron chi connectivity index (χ2n) is 7.65. The molecule has 2 amide bonds. The summed E-state index contributed by atoms with van der Waals surface area (Å²) in [5.74, 6) is 0.561. The number of ether oxygens (including phenoxy) is 2. The number of piperidine rings is 1. The average Bonchev–Trinajstić information content (AvgIpc) is 3.15. The van der Waals surface area contributed by atoms with Crippen molar-refractivity contribution in [2.24, 2.45) is 11.7 Å². The van der Waals surface area contributed by atoms with E-state index in [1.807, 2.05) is 0 Å². The van der Waals surface area contributed by atoms with Crippen LogP contribution in [0.5, 0.6) is 11.5 Å². The zero-order valence-corrected chi connectivity index (χ0v) is 17.5. The van der Waals surface area contributed by atoms with E-state index in [4.69, 9.17) is 15.2 Å². The summed E-state index contributed by atoms with van der Waals surface area (Å²) >= 11 is 0. The standard InChI is InChI=1S/C21H25N5O5/c1-30-15-9-13-14(10-16(15)31-2)24-19-18(13)23-11-26(21(19)29)8-5-17(27)25-6-3-12(4-7-25)20(22)28/h9-12,24H,3-8H2,1-2H3,(H2,22,28). The van der Waals surface area contributed by atoms with Crippen molar-refractivity contribution >= 4 is 33.8 Å². The van der Waals surface area contributed by atoms with Crippen molar-refractivity contribution in [1.29, 1.82) is 0 Å². The van der Waals surface area contributed by atoms with Crippen molar-refractivity contribution in [2.45, 2.75) is 25.8 Å². The average molecular weight is 427 g/mol. The maximum atomic E-state index is 13.0. The third-order valence-electron chi connectivity index (χ3n) is 5.89. The van der Waals surface area contributed by atoms with Gasteiger partial charge in [-0.15, -0.1) is 0 Å². The van der Waals surface area contributed by atoms with Crippen LogP contribution in [0.15, 0.2) is 23.3 Å². The normalized spacial score (nSPS) is 14.8. The molecule has 1 aromatic carbocycles. The largest absolute Gasteiger partial charge is 0.493 e. The zero-order valence-electron chi connectivity index (χ0n) is 17.5. The minimum Gasteiger partial charge on any atom is -0.493 e. The minimum atomic E-state index is -0.313. The van der Waals surface area contributed by atoms with Gasteiger partial charge in [0.15, 0.2) is 11.5 Å². The number of H-pyrrole nitrogens is 1. The molecule has 1 saturated heterocycles. The molecular formula is C21H25N5O5. The molecule has 1 fully saturated rings. The number of hydrogen-bond donors (Lipinski definition) is 2. The highest BCUT2D eigenvalue weighted by Gasteiger charge is 2.25. The van der Waals surface area contributed by atoms with E-state index < -0.39 is 0 Å². The molecule has 0 aliphatic carbocycles. The number of nitrogens with zero attached hydrogens (tertiary/aromatic N) is 3. The van der Waals surface area contributed by atoms with Crippen molar-refractivity contribution in [2.75, 3.05) is 27.3 Å². The SMILES string of the molecule is COc1cc2[nH]c3c(=O)n(CCC(=O)N4CCC(C(N)=O)CC4)cnc3c2cc1OC. The molecule has 10 heteroatoms. The van der Waals surface area contributed by atoms with Crippen LogP contribution >= 0.6 is 0 Å². The number of amides is 2. The molecule has 0 saturated carbocycles. The van der Waals surface area contributed by atoms with Gasteiger partial charge < -0.3 is 25.1 Å².